The average molecular weight is 190 g/mol. The first-order valence-corrected chi connectivity index (χ1v) is 0. The summed E-state index contributed by atoms with van der Waals surface area (Å²) < 4.78 is 0. The van der Waals surface area contributed by atoms with E-state index in [1.807, 2.05) is 0 Å². The van der Waals surface area contributed by atoms with Gasteiger partial charge >= 0.3 is 23.1 Å². The number of hydrogen-bond acceptors (Lipinski definition) is 2. The smallest absolute Gasteiger partial charge is 0.870 e. The summed E-state index contributed by atoms with van der Waals surface area (Å²) in [6, 6.07) is 0. The van der Waals surface area contributed by atoms with E-state index < -0.39 is 0 Å². The molecule has 38 valence electrons. The summed E-state index contributed by atoms with van der Waals surface area (Å²) in [5.74, 6) is 0. The number of rotatable bonds is 0. The zero-order valence-electron chi connectivity index (χ0n) is 3.01. The van der Waals surface area contributed by atoms with Crippen molar-refractivity contribution in [1.29, 1.82) is 0 Å². The average Bonchev–Trinajstić information content (AvgIpc) is 0. The molecule has 0 amide bonds. The maximum atomic E-state index is 0. The summed E-state index contributed by atoms with van der Waals surface area (Å²) in [5.41, 5.74) is 0. The van der Waals surface area contributed by atoms with Crippen LogP contribution in [0.5, 0.6) is 0 Å². The van der Waals surface area contributed by atoms with Crippen LogP contribution < -0.4 is 0 Å². The molecule has 0 atom stereocenters. The van der Waals surface area contributed by atoms with Crippen LogP contribution in [-0.2, 0) is 21.1 Å². The summed E-state index contributed by atoms with van der Waals surface area (Å²) >= 11 is 0. The minimum atomic E-state index is 0. The second-order valence-electron chi connectivity index (χ2n) is 0. The van der Waals surface area contributed by atoms with E-state index in [9.17, 15) is 0 Å². The Kier molecular flexibility index (Phi) is 3030. The Morgan fingerprint density at radius 3 is 0.667 bits per heavy atom. The molecule has 0 unspecified atom stereocenters. The first-order valence-electron chi connectivity index (χ1n) is 0. The van der Waals surface area contributed by atoms with Gasteiger partial charge in [-0.1, -0.05) is 0 Å². The third kappa shape index (κ3) is 58.3. The molecule has 0 saturated heterocycles. The van der Waals surface area contributed by atoms with Gasteiger partial charge in [-0.15, -0.1) is 0 Å². The molecule has 0 fully saturated rings. The molecule has 0 aliphatic carbocycles. The molecule has 6 heteroatoms. The second-order valence-corrected chi connectivity index (χ2v) is 0. The van der Waals surface area contributed by atoms with Crippen molar-refractivity contribution in [1.82, 2.24) is 0 Å². The van der Waals surface area contributed by atoms with Gasteiger partial charge in [0.15, 0.2) is 0 Å². The van der Waals surface area contributed by atoms with Crippen molar-refractivity contribution in [3.8, 4) is 0 Å². The van der Waals surface area contributed by atoms with E-state index in [0.29, 0.717) is 0 Å². The van der Waals surface area contributed by atoms with E-state index in [4.69, 9.17) is 0 Å². The van der Waals surface area contributed by atoms with Crippen LogP contribution in [0, 0.1) is 0 Å². The van der Waals surface area contributed by atoms with Gasteiger partial charge in [0.05, 0.1) is 0 Å². The minimum Gasteiger partial charge on any atom is -0.870 e. The Balaban J connectivity index is 0. The zero-order valence-corrected chi connectivity index (χ0v) is 6.43. The quantitative estimate of drug-likeness (QED) is 0.396. The molecule has 6 heavy (non-hydrogen) atoms. The Morgan fingerprint density at radius 2 is 0.667 bits per heavy atom. The summed E-state index contributed by atoms with van der Waals surface area (Å²) in [7, 11) is 0. The van der Waals surface area contributed by atoms with Crippen molar-refractivity contribution in [2.24, 2.45) is 0 Å². The van der Waals surface area contributed by atoms with Crippen molar-refractivity contribution in [2.75, 3.05) is 0 Å². The predicted octanol–water partition coefficient (Wildman–Crippen LogP) is -2.39. The monoisotopic (exact) mass is 192 g/mol. The van der Waals surface area contributed by atoms with Crippen molar-refractivity contribution in [3.05, 3.63) is 0 Å². The van der Waals surface area contributed by atoms with Crippen LogP contribution in [0.2, 0.25) is 0 Å². The Morgan fingerprint density at radius 1 is 0.667 bits per heavy atom. The molecule has 0 aliphatic heterocycles. The van der Waals surface area contributed by atoms with Crippen LogP contribution >= 0.6 is 0 Å². The van der Waals surface area contributed by atoms with Crippen LogP contribution in [0.15, 0.2) is 0 Å². The Hall–Kier alpha value is 1.29. The van der Waals surface area contributed by atoms with Gasteiger partial charge in [-0.3, -0.25) is 0 Å². The topological polar surface area (TPSA) is 123 Å². The first-order chi connectivity index (χ1) is 0. The third-order valence-electron chi connectivity index (χ3n) is 0. The van der Waals surface area contributed by atoms with Crippen LogP contribution in [0.4, 0.5) is 0 Å². The predicted molar refractivity (Wildman–Crippen MR) is 16.9 cm³/mol. The molecule has 0 aromatic heterocycles. The van der Waals surface area contributed by atoms with Crippen molar-refractivity contribution < 1.29 is 43.0 Å². The van der Waals surface area contributed by atoms with Gasteiger partial charge in [0.2, 0.25) is 0 Å². The molecule has 0 bridgehead atoms. The SMILES string of the molecule is O.O.[Mg+2].[Mo].[OH-].[OH-]. The van der Waals surface area contributed by atoms with Gasteiger partial charge in [0, 0.05) is 21.1 Å². The summed E-state index contributed by atoms with van der Waals surface area (Å²) in [4.78, 5) is 0. The number of hydrogen-bond donors (Lipinski definition) is 0. The van der Waals surface area contributed by atoms with E-state index in [1.165, 1.54) is 0 Å². The van der Waals surface area contributed by atoms with E-state index in [0.717, 1.165) is 0 Å². The summed E-state index contributed by atoms with van der Waals surface area (Å²) in [6.45, 7) is 0. The van der Waals surface area contributed by atoms with E-state index in [2.05, 4.69) is 0 Å². The van der Waals surface area contributed by atoms with Crippen LogP contribution in [0.25, 0.3) is 0 Å². The molecule has 6 N–H and O–H groups in total. The molecule has 0 saturated carbocycles. The van der Waals surface area contributed by atoms with Crippen molar-refractivity contribution in [2.45, 2.75) is 0 Å². The zero-order chi connectivity index (χ0) is 0. The second kappa shape index (κ2) is 105. The summed E-state index contributed by atoms with van der Waals surface area (Å²) in [5, 5.41) is 0. The van der Waals surface area contributed by atoms with Crippen molar-refractivity contribution >= 4 is 23.1 Å². The normalized spacial score (nSPS) is 0. The van der Waals surface area contributed by atoms with Crippen LogP contribution in [0.1, 0.15) is 0 Å². The minimum absolute atomic E-state index is 0. The summed E-state index contributed by atoms with van der Waals surface area (Å²) in [6.07, 6.45) is 0. The van der Waals surface area contributed by atoms with Gasteiger partial charge in [0.1, 0.15) is 0 Å². The molecule has 0 aromatic rings. The van der Waals surface area contributed by atoms with Crippen LogP contribution in [-0.4, -0.2) is 45.0 Å². The van der Waals surface area contributed by atoms with Crippen LogP contribution in [0.3, 0.4) is 0 Å². The fourth-order valence-corrected chi connectivity index (χ4v) is 0. The Bertz CT molecular complexity index is 7.51. The molecular weight excluding hydrogens is 184 g/mol. The molecule has 0 heterocycles. The maximum Gasteiger partial charge on any atom is 2.00 e. The molecule has 0 aromatic carbocycles. The molecule has 0 aliphatic rings. The first kappa shape index (κ1) is 172. The van der Waals surface area contributed by atoms with Gasteiger partial charge < -0.3 is 21.9 Å². The fraction of sp³-hybridized carbons (Fsp3) is 0. The third-order valence-corrected chi connectivity index (χ3v) is 0. The van der Waals surface area contributed by atoms with Gasteiger partial charge in [-0.2, -0.15) is 0 Å². The van der Waals surface area contributed by atoms with E-state index in [-0.39, 0.29) is 66.0 Å². The molecule has 0 rings (SSSR count). The van der Waals surface area contributed by atoms with E-state index in [1.54, 1.807) is 0 Å². The Labute approximate surface area is 65.9 Å². The molecule has 4 nitrogen and oxygen atoms in total. The van der Waals surface area contributed by atoms with Gasteiger partial charge in [0.25, 0.3) is 0 Å². The molecular formula is H6MgMoO4. The van der Waals surface area contributed by atoms with Gasteiger partial charge in [-0.05, 0) is 0 Å². The van der Waals surface area contributed by atoms with Crippen molar-refractivity contribution in [3.63, 3.8) is 0 Å². The maximum absolute atomic E-state index is 0. The fourth-order valence-electron chi connectivity index (χ4n) is 0. The molecule has 0 radical (unpaired) electrons. The standard InChI is InChI=1S/Mg.Mo.4H2O/h;;4*1H2/q+2;;;;;/p-2. The van der Waals surface area contributed by atoms with Gasteiger partial charge in [-0.25, -0.2) is 0 Å². The largest absolute Gasteiger partial charge is 2.00 e. The molecule has 0 spiro atoms. The van der Waals surface area contributed by atoms with E-state index >= 15 is 0 Å².